The maximum Gasteiger partial charge on any atom is 0.303 e. The first kappa shape index (κ1) is 29.5. The Balaban J connectivity index is 1.40. The van der Waals surface area contributed by atoms with Crippen molar-refractivity contribution >= 4 is 62.0 Å². The molecule has 1 saturated heterocycles. The Kier molecular flexibility index (Phi) is 9.06. The molecule has 0 aliphatic carbocycles. The Morgan fingerprint density at radius 2 is 1.69 bits per heavy atom. The summed E-state index contributed by atoms with van der Waals surface area (Å²) in [6.07, 6.45) is 0.476. The maximum absolute atomic E-state index is 13.3. The van der Waals surface area contributed by atoms with Crippen LogP contribution in [0.2, 0.25) is 0 Å². The van der Waals surface area contributed by atoms with Crippen molar-refractivity contribution in [2.45, 2.75) is 12.8 Å². The molecule has 2 aliphatic rings. The molecule has 0 aromatic heterocycles. The first-order valence-electron chi connectivity index (χ1n) is 13.9. The van der Waals surface area contributed by atoms with Crippen molar-refractivity contribution in [1.82, 2.24) is 9.80 Å². The lowest BCUT2D eigenvalue weighted by Crippen LogP contribution is -2.48. The number of aliphatic carboxylic acids is 1. The van der Waals surface area contributed by atoms with Crippen LogP contribution in [0.25, 0.3) is 11.3 Å². The van der Waals surface area contributed by atoms with Gasteiger partial charge in [-0.25, -0.2) is 0 Å². The zero-order chi connectivity index (χ0) is 29.8. The second-order valence-electron chi connectivity index (χ2n) is 10.7. The number of fused-ring (bicyclic) bond motifs is 1. The summed E-state index contributed by atoms with van der Waals surface area (Å²) in [6.45, 7) is 4.06. The highest BCUT2D eigenvalue weighted by Crippen LogP contribution is 2.39. The topological polar surface area (TPSA) is 105 Å². The van der Waals surface area contributed by atoms with Crippen molar-refractivity contribution in [1.29, 1.82) is 0 Å². The summed E-state index contributed by atoms with van der Waals surface area (Å²) in [7, 11) is 3.88. The number of carbonyl (C=O) groups excluding carboxylic acids is 2. The van der Waals surface area contributed by atoms with Crippen LogP contribution in [0, 0.1) is 0 Å². The summed E-state index contributed by atoms with van der Waals surface area (Å²) in [5.74, 6) is -1.02. The molecule has 5 rings (SSSR count). The van der Waals surface area contributed by atoms with Gasteiger partial charge in [-0.3, -0.25) is 19.3 Å². The van der Waals surface area contributed by atoms with Crippen LogP contribution in [0.5, 0.6) is 0 Å². The van der Waals surface area contributed by atoms with Gasteiger partial charge in [-0.1, -0.05) is 46.3 Å². The minimum absolute atomic E-state index is 0.0384. The lowest BCUT2D eigenvalue weighted by atomic mass is 9.98. The van der Waals surface area contributed by atoms with E-state index in [9.17, 15) is 14.4 Å². The minimum atomic E-state index is -0.843. The van der Waals surface area contributed by atoms with Gasteiger partial charge in [-0.15, -0.1) is 0 Å². The third-order valence-electron chi connectivity index (χ3n) is 7.70. The molecule has 3 N–H and O–H groups in total. The van der Waals surface area contributed by atoms with Gasteiger partial charge in [0.1, 0.15) is 0 Å². The van der Waals surface area contributed by atoms with E-state index in [4.69, 9.17) is 5.11 Å². The molecule has 9 nitrogen and oxygen atoms in total. The second-order valence-corrected chi connectivity index (χ2v) is 11.6. The molecule has 10 heteroatoms. The van der Waals surface area contributed by atoms with E-state index in [0.29, 0.717) is 24.2 Å². The Bertz CT molecular complexity index is 1510. The molecule has 0 unspecified atom stereocenters. The number of carboxylic acids is 1. The average Bonchev–Trinajstić information content (AvgIpc) is 3.30. The predicted molar refractivity (Wildman–Crippen MR) is 169 cm³/mol. The monoisotopic (exact) mass is 631 g/mol. The zero-order valence-corrected chi connectivity index (χ0v) is 25.3. The van der Waals surface area contributed by atoms with Crippen LogP contribution in [-0.4, -0.2) is 79.5 Å². The molecule has 0 bridgehead atoms. The van der Waals surface area contributed by atoms with Crippen LogP contribution in [0.1, 0.15) is 23.1 Å². The number of rotatable bonds is 9. The van der Waals surface area contributed by atoms with Gasteiger partial charge in [0.15, 0.2) is 0 Å². The number of nitrogens with one attached hydrogen (secondary N) is 2. The molecule has 42 heavy (non-hydrogen) atoms. The molecule has 0 saturated carbocycles. The molecule has 2 heterocycles. The maximum atomic E-state index is 13.3. The normalized spacial score (nSPS) is 16.5. The second kappa shape index (κ2) is 12.9. The number of aryl methyl sites for hydroxylation is 1. The summed E-state index contributed by atoms with van der Waals surface area (Å²) < 4.78 is 0.863. The SMILES string of the molecule is CN1CCN(CC(=O)N(C)c2ccc(NC(=C3C(=O)Nc4cc(Br)ccc43)c3ccc(CCC(=O)O)cc3)cc2)CC1. The van der Waals surface area contributed by atoms with Crippen LogP contribution < -0.4 is 15.5 Å². The Labute approximate surface area is 253 Å². The molecular weight excluding hydrogens is 598 g/mol. The first-order valence-corrected chi connectivity index (χ1v) is 14.7. The molecule has 0 spiro atoms. The molecule has 3 aromatic carbocycles. The van der Waals surface area contributed by atoms with Crippen molar-refractivity contribution in [3.05, 3.63) is 87.9 Å². The van der Waals surface area contributed by atoms with Gasteiger partial charge in [0.05, 0.1) is 23.5 Å². The van der Waals surface area contributed by atoms with Crippen molar-refractivity contribution in [2.75, 3.05) is 62.4 Å². The van der Waals surface area contributed by atoms with Gasteiger partial charge < -0.3 is 25.5 Å². The third kappa shape index (κ3) is 6.89. The highest BCUT2D eigenvalue weighted by molar-refractivity contribution is 9.10. The molecule has 3 aromatic rings. The number of benzene rings is 3. The lowest BCUT2D eigenvalue weighted by molar-refractivity contribution is -0.137. The molecule has 2 amide bonds. The van der Waals surface area contributed by atoms with Crippen molar-refractivity contribution in [3.8, 4) is 0 Å². The zero-order valence-electron chi connectivity index (χ0n) is 23.7. The van der Waals surface area contributed by atoms with E-state index >= 15 is 0 Å². The Hall–Kier alpha value is -3.99. The molecular formula is C32H34BrN5O4. The standard InChI is InChI=1S/C32H34BrN5O4/c1-36-15-17-38(18-16-36)20-28(39)37(2)25-11-9-24(10-12-25)34-31(22-6-3-21(4-7-22)5-14-29(40)41)30-26-13-8-23(33)19-27(26)35-32(30)42/h3-4,6-13,19,34H,5,14-18,20H2,1-2H3,(H,35,42)(H,40,41). The summed E-state index contributed by atoms with van der Waals surface area (Å²) in [6, 6.07) is 20.8. The van der Waals surface area contributed by atoms with Crippen LogP contribution in [0.4, 0.5) is 17.1 Å². The fourth-order valence-corrected chi connectivity index (χ4v) is 5.48. The quantitative estimate of drug-likeness (QED) is 0.296. The number of hydrogen-bond donors (Lipinski definition) is 3. The smallest absolute Gasteiger partial charge is 0.303 e. The van der Waals surface area contributed by atoms with Crippen LogP contribution in [-0.2, 0) is 20.8 Å². The fourth-order valence-electron chi connectivity index (χ4n) is 5.12. The van der Waals surface area contributed by atoms with E-state index in [1.807, 2.05) is 66.7 Å². The summed E-state index contributed by atoms with van der Waals surface area (Å²) >= 11 is 3.47. The van der Waals surface area contributed by atoms with Gasteiger partial charge >= 0.3 is 5.97 Å². The number of carbonyl (C=O) groups is 3. The van der Waals surface area contributed by atoms with Gasteiger partial charge in [0.25, 0.3) is 5.91 Å². The van der Waals surface area contributed by atoms with Crippen LogP contribution >= 0.6 is 15.9 Å². The van der Waals surface area contributed by atoms with Gasteiger partial charge in [0.2, 0.25) is 5.91 Å². The lowest BCUT2D eigenvalue weighted by Gasteiger charge is -2.32. The largest absolute Gasteiger partial charge is 0.481 e. The van der Waals surface area contributed by atoms with Gasteiger partial charge in [-0.05, 0) is 61.0 Å². The van der Waals surface area contributed by atoms with E-state index in [-0.39, 0.29) is 18.2 Å². The molecule has 0 atom stereocenters. The number of piperazine rings is 1. The van der Waals surface area contributed by atoms with Crippen molar-refractivity contribution < 1.29 is 19.5 Å². The summed E-state index contributed by atoms with van der Waals surface area (Å²) in [5, 5.41) is 15.5. The predicted octanol–water partition coefficient (Wildman–Crippen LogP) is 4.61. The Morgan fingerprint density at radius 1 is 1.00 bits per heavy atom. The van der Waals surface area contributed by atoms with Crippen LogP contribution in [0.3, 0.4) is 0 Å². The highest BCUT2D eigenvalue weighted by Gasteiger charge is 2.29. The van der Waals surface area contributed by atoms with E-state index in [1.54, 1.807) is 11.9 Å². The Morgan fingerprint density at radius 3 is 2.36 bits per heavy atom. The number of nitrogens with zero attached hydrogens (tertiary/aromatic N) is 3. The van der Waals surface area contributed by atoms with Crippen molar-refractivity contribution in [3.63, 3.8) is 0 Å². The minimum Gasteiger partial charge on any atom is -0.481 e. The molecule has 2 aliphatic heterocycles. The molecule has 1 fully saturated rings. The van der Waals surface area contributed by atoms with Crippen molar-refractivity contribution in [2.24, 2.45) is 0 Å². The number of likely N-dealkylation sites (N-methyl/N-ethyl adjacent to an activating group) is 2. The highest BCUT2D eigenvalue weighted by atomic mass is 79.9. The fraction of sp³-hybridized carbons (Fsp3) is 0.281. The first-order chi connectivity index (χ1) is 20.2. The van der Waals surface area contributed by atoms with E-state index in [1.165, 1.54) is 0 Å². The summed E-state index contributed by atoms with van der Waals surface area (Å²) in [4.78, 5) is 43.4. The molecule has 0 radical (unpaired) electrons. The third-order valence-corrected chi connectivity index (χ3v) is 8.19. The molecule has 218 valence electrons. The van der Waals surface area contributed by atoms with E-state index in [0.717, 1.165) is 64.4 Å². The average molecular weight is 633 g/mol. The number of amides is 2. The van der Waals surface area contributed by atoms with Gasteiger partial charge in [0, 0.05) is 61.1 Å². The van der Waals surface area contributed by atoms with Crippen LogP contribution in [0.15, 0.2) is 71.2 Å². The number of hydrogen-bond acceptors (Lipinski definition) is 6. The van der Waals surface area contributed by atoms with E-state index < -0.39 is 5.97 Å². The number of anilines is 3. The van der Waals surface area contributed by atoms with Gasteiger partial charge in [-0.2, -0.15) is 0 Å². The number of carboxylic acid groups (broad SMARTS) is 1. The number of halogens is 1. The summed E-state index contributed by atoms with van der Waals surface area (Å²) in [5.41, 5.74) is 5.88. The van der Waals surface area contributed by atoms with E-state index in [2.05, 4.69) is 43.4 Å².